The molecule has 0 bridgehead atoms. The highest BCUT2D eigenvalue weighted by Gasteiger charge is 2.56. The van der Waals surface area contributed by atoms with Crippen LogP contribution in [-0.2, 0) is 20.4 Å². The summed E-state index contributed by atoms with van der Waals surface area (Å²) in [4.78, 5) is 24.9. The molecule has 3 rings (SSSR count). The van der Waals surface area contributed by atoms with E-state index in [-0.39, 0.29) is 33.5 Å². The molecule has 150 valence electrons. The van der Waals surface area contributed by atoms with Gasteiger partial charge in [0.15, 0.2) is 9.84 Å². The Morgan fingerprint density at radius 3 is 2.50 bits per heavy atom. The standard InChI is InChI=1S/C17H14F3NO5S2/c1-8-3-4-10-11(12(8)21-15(23)16(2,24)17(18,19)20)13(22)14-9(5-6-27-14)7-28(10,25)26/h3-6,24H,7H2,1-2H3,(H,21,23). The van der Waals surface area contributed by atoms with Crippen LogP contribution in [0, 0.1) is 6.92 Å². The molecule has 1 atom stereocenters. The average molecular weight is 433 g/mol. The zero-order valence-electron chi connectivity index (χ0n) is 14.5. The smallest absolute Gasteiger partial charge is 0.373 e. The second kappa shape index (κ2) is 6.39. The SMILES string of the molecule is Cc1ccc2c(c1NC(=O)C(C)(O)C(F)(F)F)C(=O)c1sccc1CS2(=O)=O. The van der Waals surface area contributed by atoms with Crippen molar-refractivity contribution < 1.29 is 36.3 Å². The predicted octanol–water partition coefficient (Wildman–Crippen LogP) is 2.83. The number of fused-ring (bicyclic) bond motifs is 2. The number of halogens is 3. The molecule has 1 amide bonds. The van der Waals surface area contributed by atoms with Crippen LogP contribution in [0.4, 0.5) is 18.9 Å². The molecule has 1 aromatic heterocycles. The molecular weight excluding hydrogens is 419 g/mol. The highest BCUT2D eigenvalue weighted by molar-refractivity contribution is 7.90. The number of ketones is 1. The first-order chi connectivity index (χ1) is 12.8. The molecule has 28 heavy (non-hydrogen) atoms. The molecule has 1 unspecified atom stereocenters. The van der Waals surface area contributed by atoms with Crippen molar-refractivity contribution in [1.82, 2.24) is 0 Å². The summed E-state index contributed by atoms with van der Waals surface area (Å²) in [5.41, 5.74) is -4.06. The molecule has 0 fully saturated rings. The number of hydrogen-bond acceptors (Lipinski definition) is 6. The van der Waals surface area contributed by atoms with Gasteiger partial charge in [-0.05, 0) is 42.5 Å². The highest BCUT2D eigenvalue weighted by atomic mass is 32.2. The van der Waals surface area contributed by atoms with Crippen LogP contribution >= 0.6 is 11.3 Å². The van der Waals surface area contributed by atoms with Crippen molar-refractivity contribution in [2.24, 2.45) is 0 Å². The summed E-state index contributed by atoms with van der Waals surface area (Å²) in [6.07, 6.45) is -5.27. The highest BCUT2D eigenvalue weighted by Crippen LogP contribution is 2.38. The third-order valence-corrected chi connectivity index (χ3v) is 7.13. The van der Waals surface area contributed by atoms with Crippen molar-refractivity contribution >= 4 is 38.6 Å². The Hall–Kier alpha value is -2.24. The lowest BCUT2D eigenvalue weighted by atomic mass is 10.00. The molecule has 0 saturated carbocycles. The molecule has 0 saturated heterocycles. The van der Waals surface area contributed by atoms with Crippen LogP contribution in [0.5, 0.6) is 0 Å². The summed E-state index contributed by atoms with van der Waals surface area (Å²) in [5, 5.41) is 13.0. The van der Waals surface area contributed by atoms with E-state index in [1.54, 1.807) is 0 Å². The second-order valence-electron chi connectivity index (χ2n) is 6.52. The van der Waals surface area contributed by atoms with Crippen molar-refractivity contribution in [3.8, 4) is 0 Å². The molecule has 0 radical (unpaired) electrons. The van der Waals surface area contributed by atoms with E-state index >= 15 is 0 Å². The van der Waals surface area contributed by atoms with E-state index in [1.807, 2.05) is 5.32 Å². The number of sulfone groups is 1. The summed E-state index contributed by atoms with van der Waals surface area (Å²) in [5.74, 6) is -2.98. The van der Waals surface area contributed by atoms with E-state index in [2.05, 4.69) is 0 Å². The van der Waals surface area contributed by atoms with Crippen LogP contribution in [0.25, 0.3) is 0 Å². The number of thiophene rings is 1. The van der Waals surface area contributed by atoms with Crippen molar-refractivity contribution in [2.45, 2.75) is 36.3 Å². The van der Waals surface area contributed by atoms with Gasteiger partial charge < -0.3 is 10.4 Å². The topological polar surface area (TPSA) is 101 Å². The molecule has 6 nitrogen and oxygen atoms in total. The molecule has 1 aromatic carbocycles. The third kappa shape index (κ3) is 3.12. The van der Waals surface area contributed by atoms with Gasteiger partial charge in [0.2, 0.25) is 11.4 Å². The fourth-order valence-corrected chi connectivity index (χ4v) is 5.29. The summed E-state index contributed by atoms with van der Waals surface area (Å²) in [7, 11) is -3.98. The van der Waals surface area contributed by atoms with Gasteiger partial charge in [-0.15, -0.1) is 11.3 Å². The van der Waals surface area contributed by atoms with E-state index in [0.717, 1.165) is 11.3 Å². The van der Waals surface area contributed by atoms with E-state index in [4.69, 9.17) is 0 Å². The molecule has 1 aliphatic heterocycles. The normalized spacial score (nSPS) is 17.9. The minimum atomic E-state index is -5.27. The summed E-state index contributed by atoms with van der Waals surface area (Å²) < 4.78 is 64.4. The van der Waals surface area contributed by atoms with Gasteiger partial charge in [-0.25, -0.2) is 8.42 Å². The number of anilines is 1. The quantitative estimate of drug-likeness (QED) is 0.759. The van der Waals surface area contributed by atoms with Crippen molar-refractivity contribution in [2.75, 3.05) is 5.32 Å². The lowest BCUT2D eigenvalue weighted by Crippen LogP contribution is -2.52. The molecule has 0 aliphatic carbocycles. The predicted molar refractivity (Wildman–Crippen MR) is 95.1 cm³/mol. The number of alkyl halides is 3. The van der Waals surface area contributed by atoms with Crippen LogP contribution in [0.1, 0.15) is 33.3 Å². The number of aryl methyl sites for hydroxylation is 1. The summed E-state index contributed by atoms with van der Waals surface area (Å²) in [6, 6.07) is 3.95. The van der Waals surface area contributed by atoms with Crippen molar-refractivity contribution in [3.05, 3.63) is 45.1 Å². The van der Waals surface area contributed by atoms with E-state index in [1.165, 1.54) is 30.5 Å². The largest absolute Gasteiger partial charge is 0.426 e. The second-order valence-corrected chi connectivity index (χ2v) is 9.39. The number of carbonyl (C=O) groups excluding carboxylic acids is 2. The molecule has 2 aromatic rings. The maximum Gasteiger partial charge on any atom is 0.426 e. The Morgan fingerprint density at radius 2 is 1.89 bits per heavy atom. The minimum absolute atomic E-state index is 0.131. The maximum atomic E-state index is 13.0. The van der Waals surface area contributed by atoms with Crippen LogP contribution in [0.15, 0.2) is 28.5 Å². The lowest BCUT2D eigenvalue weighted by molar-refractivity contribution is -0.242. The summed E-state index contributed by atoms with van der Waals surface area (Å²) in [6.45, 7) is 1.67. The van der Waals surface area contributed by atoms with Crippen LogP contribution < -0.4 is 5.32 Å². The Kier molecular flexibility index (Phi) is 4.68. The van der Waals surface area contributed by atoms with Gasteiger partial charge in [-0.3, -0.25) is 9.59 Å². The van der Waals surface area contributed by atoms with E-state index in [0.29, 0.717) is 0 Å². The monoisotopic (exact) mass is 433 g/mol. The lowest BCUT2D eigenvalue weighted by Gasteiger charge is -2.26. The Labute approximate surface area is 161 Å². The fourth-order valence-electron chi connectivity index (χ4n) is 2.74. The zero-order valence-corrected chi connectivity index (χ0v) is 16.2. The van der Waals surface area contributed by atoms with Gasteiger partial charge in [0.25, 0.3) is 5.91 Å². The van der Waals surface area contributed by atoms with Crippen molar-refractivity contribution in [1.29, 1.82) is 0 Å². The van der Waals surface area contributed by atoms with Gasteiger partial charge >= 0.3 is 6.18 Å². The van der Waals surface area contributed by atoms with Gasteiger partial charge in [0.1, 0.15) is 0 Å². The number of aliphatic hydroxyl groups is 1. The van der Waals surface area contributed by atoms with E-state index < -0.39 is 44.6 Å². The first-order valence-electron chi connectivity index (χ1n) is 7.85. The minimum Gasteiger partial charge on any atom is -0.373 e. The molecule has 2 heterocycles. The Balaban J connectivity index is 2.22. The third-order valence-electron chi connectivity index (χ3n) is 4.47. The number of hydrogen-bond donors (Lipinski definition) is 2. The molecule has 0 spiro atoms. The average Bonchev–Trinajstić information content (AvgIpc) is 2.98. The molecule has 1 aliphatic rings. The number of nitrogens with one attached hydrogen (secondary N) is 1. The molecule has 2 N–H and O–H groups in total. The summed E-state index contributed by atoms with van der Waals surface area (Å²) >= 11 is 0.998. The maximum absolute atomic E-state index is 13.0. The van der Waals surface area contributed by atoms with Crippen LogP contribution in [0.2, 0.25) is 0 Å². The number of rotatable bonds is 2. The molecule has 11 heteroatoms. The van der Waals surface area contributed by atoms with Gasteiger partial charge in [-0.1, -0.05) is 6.07 Å². The van der Waals surface area contributed by atoms with Crippen LogP contribution in [-0.4, -0.2) is 37.0 Å². The first kappa shape index (κ1) is 20.5. The number of benzene rings is 1. The van der Waals surface area contributed by atoms with Gasteiger partial charge in [0.05, 0.1) is 26.8 Å². The van der Waals surface area contributed by atoms with Crippen molar-refractivity contribution in [3.63, 3.8) is 0 Å². The Bertz CT molecular complexity index is 1100. The first-order valence-corrected chi connectivity index (χ1v) is 10.4. The number of amides is 1. The van der Waals surface area contributed by atoms with Gasteiger partial charge in [-0.2, -0.15) is 13.2 Å². The fraction of sp³-hybridized carbons (Fsp3) is 0.294. The number of carbonyl (C=O) groups is 2. The van der Waals surface area contributed by atoms with Gasteiger partial charge in [0, 0.05) is 0 Å². The van der Waals surface area contributed by atoms with E-state index in [9.17, 15) is 36.3 Å². The molecular formula is C17H14F3NO5S2. The Morgan fingerprint density at radius 1 is 1.25 bits per heavy atom. The zero-order chi connectivity index (χ0) is 21.1. The van der Waals surface area contributed by atoms with Crippen LogP contribution in [0.3, 0.4) is 0 Å².